The highest BCUT2D eigenvalue weighted by Crippen LogP contribution is 2.20. The van der Waals surface area contributed by atoms with Crippen LogP contribution in [0.5, 0.6) is 0 Å². The van der Waals surface area contributed by atoms with E-state index in [1.54, 1.807) is 6.92 Å². The highest BCUT2D eigenvalue weighted by molar-refractivity contribution is 5.99. The number of ketones is 1. The molecule has 1 aromatic heterocycles. The number of carbonyl (C=O) groups is 1. The van der Waals surface area contributed by atoms with Crippen molar-refractivity contribution in [3.8, 4) is 5.69 Å². The molecule has 0 fully saturated rings. The smallest absolute Gasteiger partial charge is 0.218 e. The average Bonchev–Trinajstić information content (AvgIpc) is 2.48. The zero-order valence-electron chi connectivity index (χ0n) is 11.6. The molecular formula is C18H16NO+. The number of hydrogen-bond acceptors (Lipinski definition) is 1. The van der Waals surface area contributed by atoms with E-state index in [0.717, 1.165) is 27.7 Å². The first-order valence-electron chi connectivity index (χ1n) is 6.69. The van der Waals surface area contributed by atoms with Crippen molar-refractivity contribution in [2.75, 3.05) is 0 Å². The third-order valence-electron chi connectivity index (χ3n) is 3.64. The summed E-state index contributed by atoms with van der Waals surface area (Å²) in [4.78, 5) is 11.9. The molecule has 0 unspecified atom stereocenters. The number of para-hydroxylation sites is 2. The lowest BCUT2D eigenvalue weighted by Crippen LogP contribution is -2.33. The fourth-order valence-electron chi connectivity index (χ4n) is 2.60. The minimum Gasteiger partial charge on any atom is -0.294 e. The van der Waals surface area contributed by atoms with Crippen molar-refractivity contribution in [1.82, 2.24) is 0 Å². The van der Waals surface area contributed by atoms with Gasteiger partial charge < -0.3 is 0 Å². The van der Waals surface area contributed by atoms with Gasteiger partial charge in [0.2, 0.25) is 11.2 Å². The van der Waals surface area contributed by atoms with Crippen LogP contribution < -0.4 is 4.57 Å². The molecule has 0 aliphatic rings. The Labute approximate surface area is 118 Å². The third kappa shape index (κ3) is 1.99. The van der Waals surface area contributed by atoms with Gasteiger partial charge in [-0.25, -0.2) is 0 Å². The number of hydrogen-bond donors (Lipinski definition) is 0. The Bertz CT molecular complexity index is 791. The van der Waals surface area contributed by atoms with Gasteiger partial charge in [0.25, 0.3) is 0 Å². The lowest BCUT2D eigenvalue weighted by atomic mass is 10.0. The van der Waals surface area contributed by atoms with E-state index < -0.39 is 0 Å². The van der Waals surface area contributed by atoms with Crippen LogP contribution in [0.1, 0.15) is 22.8 Å². The first-order valence-corrected chi connectivity index (χ1v) is 6.69. The molecule has 0 bridgehead atoms. The predicted octanol–water partition coefficient (Wildman–Crippen LogP) is 3.63. The van der Waals surface area contributed by atoms with Gasteiger partial charge in [0, 0.05) is 18.2 Å². The van der Waals surface area contributed by atoms with Gasteiger partial charge in [-0.3, -0.25) is 4.79 Å². The van der Waals surface area contributed by atoms with Gasteiger partial charge >= 0.3 is 0 Å². The number of aryl methyl sites for hydroxylation is 1. The van der Waals surface area contributed by atoms with Crippen LogP contribution in [-0.4, -0.2) is 5.78 Å². The molecule has 0 aliphatic heterocycles. The second-order valence-corrected chi connectivity index (χ2v) is 4.95. The normalized spacial score (nSPS) is 10.7. The van der Waals surface area contributed by atoms with E-state index in [-0.39, 0.29) is 5.78 Å². The zero-order valence-corrected chi connectivity index (χ0v) is 11.6. The molecule has 0 saturated heterocycles. The number of carbonyl (C=O) groups excluding carboxylic acids is 1. The molecule has 0 spiro atoms. The molecule has 0 radical (unpaired) electrons. The fraction of sp³-hybridized carbons (Fsp3) is 0.111. The van der Waals surface area contributed by atoms with Crippen LogP contribution in [0.3, 0.4) is 0 Å². The van der Waals surface area contributed by atoms with E-state index in [4.69, 9.17) is 0 Å². The zero-order chi connectivity index (χ0) is 14.1. The van der Waals surface area contributed by atoms with E-state index in [9.17, 15) is 4.79 Å². The molecule has 0 N–H and O–H groups in total. The minimum atomic E-state index is 0.0953. The van der Waals surface area contributed by atoms with Gasteiger partial charge in [0.1, 0.15) is 0 Å². The van der Waals surface area contributed by atoms with Gasteiger partial charge in [0.15, 0.2) is 12.0 Å². The summed E-state index contributed by atoms with van der Waals surface area (Å²) in [6.07, 6.45) is 1.94. The van der Waals surface area contributed by atoms with E-state index >= 15 is 0 Å². The van der Waals surface area contributed by atoms with Gasteiger partial charge in [-0.15, -0.1) is 0 Å². The fourth-order valence-corrected chi connectivity index (χ4v) is 2.60. The SMILES string of the molecule is CC(=O)c1c[n+](-c2ccccc2)c2ccccc2c1C. The van der Waals surface area contributed by atoms with Crippen molar-refractivity contribution < 1.29 is 9.36 Å². The average molecular weight is 262 g/mol. The molecule has 2 heteroatoms. The standard InChI is InChI=1S/C18H16NO/c1-13-16-10-6-7-11-18(16)19(12-17(13)14(2)20)15-8-4-3-5-9-15/h3-12H,1-2H3/q+1. The molecule has 20 heavy (non-hydrogen) atoms. The molecular weight excluding hydrogens is 246 g/mol. The van der Waals surface area contributed by atoms with Crippen LogP contribution in [-0.2, 0) is 0 Å². The first kappa shape index (κ1) is 12.5. The summed E-state index contributed by atoms with van der Waals surface area (Å²) in [6, 6.07) is 18.3. The third-order valence-corrected chi connectivity index (χ3v) is 3.64. The summed E-state index contributed by atoms with van der Waals surface area (Å²) < 4.78 is 2.08. The highest BCUT2D eigenvalue weighted by atomic mass is 16.1. The second-order valence-electron chi connectivity index (χ2n) is 4.95. The van der Waals surface area contributed by atoms with E-state index in [1.165, 1.54) is 0 Å². The Hall–Kier alpha value is -2.48. The molecule has 0 atom stereocenters. The van der Waals surface area contributed by atoms with Crippen LogP contribution >= 0.6 is 0 Å². The number of aromatic nitrogens is 1. The second kappa shape index (κ2) is 4.89. The molecule has 2 nitrogen and oxygen atoms in total. The number of fused-ring (bicyclic) bond motifs is 1. The van der Waals surface area contributed by atoms with Crippen LogP contribution in [0.15, 0.2) is 60.8 Å². The number of rotatable bonds is 2. The lowest BCUT2D eigenvalue weighted by molar-refractivity contribution is -0.567. The van der Waals surface area contributed by atoms with Crippen molar-refractivity contribution in [2.45, 2.75) is 13.8 Å². The number of nitrogens with zero attached hydrogens (tertiary/aromatic N) is 1. The lowest BCUT2D eigenvalue weighted by Gasteiger charge is -2.07. The highest BCUT2D eigenvalue weighted by Gasteiger charge is 2.19. The molecule has 0 amide bonds. The number of Topliss-reactive ketones (excluding diaryl/α,β-unsaturated/α-hetero) is 1. The largest absolute Gasteiger partial charge is 0.294 e. The van der Waals surface area contributed by atoms with E-state index in [1.807, 2.05) is 55.6 Å². The Morgan fingerprint density at radius 2 is 1.60 bits per heavy atom. The number of benzene rings is 2. The summed E-state index contributed by atoms with van der Waals surface area (Å²) in [5, 5.41) is 1.11. The molecule has 3 rings (SSSR count). The molecule has 1 heterocycles. The van der Waals surface area contributed by atoms with Crippen LogP contribution in [0.4, 0.5) is 0 Å². The van der Waals surface area contributed by atoms with Gasteiger partial charge in [0.05, 0.1) is 10.9 Å². The minimum absolute atomic E-state index is 0.0953. The van der Waals surface area contributed by atoms with Crippen LogP contribution in [0.2, 0.25) is 0 Å². The van der Waals surface area contributed by atoms with Crippen molar-refractivity contribution in [3.63, 3.8) is 0 Å². The molecule has 0 aliphatic carbocycles. The predicted molar refractivity (Wildman–Crippen MR) is 80.2 cm³/mol. The molecule has 2 aromatic carbocycles. The molecule has 98 valence electrons. The van der Waals surface area contributed by atoms with E-state index in [0.29, 0.717) is 0 Å². The first-order chi connectivity index (χ1) is 9.68. The Morgan fingerprint density at radius 1 is 0.950 bits per heavy atom. The summed E-state index contributed by atoms with van der Waals surface area (Å²) in [7, 11) is 0. The molecule has 3 aromatic rings. The van der Waals surface area contributed by atoms with Crippen molar-refractivity contribution in [1.29, 1.82) is 0 Å². The maximum absolute atomic E-state index is 11.9. The monoisotopic (exact) mass is 262 g/mol. The summed E-state index contributed by atoms with van der Waals surface area (Å²) in [5.41, 5.74) is 3.99. The summed E-state index contributed by atoms with van der Waals surface area (Å²) >= 11 is 0. The van der Waals surface area contributed by atoms with Gasteiger partial charge in [-0.2, -0.15) is 4.57 Å². The van der Waals surface area contributed by atoms with Gasteiger partial charge in [-0.1, -0.05) is 30.3 Å². The van der Waals surface area contributed by atoms with Crippen LogP contribution in [0, 0.1) is 6.92 Å². The Kier molecular flexibility index (Phi) is 3.07. The Balaban J connectivity index is 2.42. The van der Waals surface area contributed by atoms with Gasteiger partial charge in [-0.05, 0) is 25.5 Å². The Morgan fingerprint density at radius 3 is 2.30 bits per heavy atom. The van der Waals surface area contributed by atoms with Crippen molar-refractivity contribution >= 4 is 16.7 Å². The van der Waals surface area contributed by atoms with E-state index in [2.05, 4.69) is 16.7 Å². The van der Waals surface area contributed by atoms with Crippen molar-refractivity contribution in [2.24, 2.45) is 0 Å². The molecule has 0 saturated carbocycles. The maximum Gasteiger partial charge on any atom is 0.218 e. The van der Waals surface area contributed by atoms with Crippen LogP contribution in [0.25, 0.3) is 16.6 Å². The topological polar surface area (TPSA) is 20.9 Å². The quantitative estimate of drug-likeness (QED) is 0.510. The maximum atomic E-state index is 11.9. The summed E-state index contributed by atoms with van der Waals surface area (Å²) in [6.45, 7) is 3.63. The summed E-state index contributed by atoms with van der Waals surface area (Å²) in [5.74, 6) is 0.0953. The number of pyridine rings is 1. The van der Waals surface area contributed by atoms with Crippen molar-refractivity contribution in [3.05, 3.63) is 71.9 Å².